The minimum absolute atomic E-state index is 0.00436. The molecule has 0 saturated heterocycles. The monoisotopic (exact) mass is 406 g/mol. The lowest BCUT2D eigenvalue weighted by Gasteiger charge is -2.12. The van der Waals surface area contributed by atoms with Gasteiger partial charge in [0, 0.05) is 12.1 Å². The van der Waals surface area contributed by atoms with E-state index >= 15 is 0 Å². The highest BCUT2D eigenvalue weighted by molar-refractivity contribution is 7.98. The Bertz CT molecular complexity index is 1150. The number of benzene rings is 2. The Morgan fingerprint density at radius 2 is 1.79 bits per heavy atom. The first-order valence-corrected chi connectivity index (χ1v) is 10.7. The number of aromatic nitrogens is 4. The van der Waals surface area contributed by atoms with E-state index in [4.69, 9.17) is 9.51 Å². The zero-order valence-electron chi connectivity index (χ0n) is 16.2. The first-order chi connectivity index (χ1) is 14.3. The zero-order chi connectivity index (χ0) is 20.1. The molecule has 7 heteroatoms. The van der Waals surface area contributed by atoms with E-state index in [1.165, 1.54) is 11.8 Å². The van der Waals surface area contributed by atoms with Crippen molar-refractivity contribution in [3.05, 3.63) is 70.8 Å². The molecule has 0 fully saturated rings. The van der Waals surface area contributed by atoms with Gasteiger partial charge >= 0.3 is 0 Å². The van der Waals surface area contributed by atoms with E-state index in [-0.39, 0.29) is 5.56 Å². The summed E-state index contributed by atoms with van der Waals surface area (Å²) in [5, 5.41) is 5.40. The van der Waals surface area contributed by atoms with Crippen LogP contribution in [0, 0.1) is 0 Å². The summed E-state index contributed by atoms with van der Waals surface area (Å²) < 4.78 is 7.17. The van der Waals surface area contributed by atoms with Gasteiger partial charge in [0.05, 0.1) is 16.7 Å². The first-order valence-electron chi connectivity index (χ1n) is 9.76. The summed E-state index contributed by atoms with van der Waals surface area (Å²) in [4.78, 5) is 22.2. The Kier molecular flexibility index (Phi) is 6.05. The molecule has 148 valence electrons. The highest BCUT2D eigenvalue weighted by Crippen LogP contribution is 2.23. The summed E-state index contributed by atoms with van der Waals surface area (Å²) in [5.41, 5.74) is 1.62. The smallest absolute Gasteiger partial charge is 0.262 e. The number of hydrogen-bond acceptors (Lipinski definition) is 6. The molecule has 6 nitrogen and oxygen atoms in total. The van der Waals surface area contributed by atoms with E-state index in [0.29, 0.717) is 40.1 Å². The molecule has 0 amide bonds. The van der Waals surface area contributed by atoms with Crippen molar-refractivity contribution < 1.29 is 4.52 Å². The van der Waals surface area contributed by atoms with Gasteiger partial charge in [-0.05, 0) is 18.6 Å². The van der Waals surface area contributed by atoms with Gasteiger partial charge in [-0.3, -0.25) is 9.36 Å². The van der Waals surface area contributed by atoms with Crippen LogP contribution in [0.5, 0.6) is 0 Å². The normalized spacial score (nSPS) is 11.2. The molecule has 2 aromatic heterocycles. The molecule has 0 N–H and O–H groups in total. The van der Waals surface area contributed by atoms with Crippen LogP contribution in [0.15, 0.2) is 69.1 Å². The van der Waals surface area contributed by atoms with E-state index in [1.54, 1.807) is 4.57 Å². The van der Waals surface area contributed by atoms with Gasteiger partial charge in [0.2, 0.25) is 11.7 Å². The fourth-order valence-electron chi connectivity index (χ4n) is 3.12. The van der Waals surface area contributed by atoms with Gasteiger partial charge in [0.25, 0.3) is 5.56 Å². The molecule has 0 spiro atoms. The van der Waals surface area contributed by atoms with Crippen LogP contribution in [-0.4, -0.2) is 19.7 Å². The lowest BCUT2D eigenvalue weighted by Crippen LogP contribution is -2.23. The summed E-state index contributed by atoms with van der Waals surface area (Å²) in [5.74, 6) is 1.53. The van der Waals surface area contributed by atoms with Gasteiger partial charge in [-0.2, -0.15) is 4.98 Å². The predicted molar refractivity (Wildman–Crippen MR) is 115 cm³/mol. The first kappa shape index (κ1) is 19.4. The van der Waals surface area contributed by atoms with Crippen molar-refractivity contribution in [2.75, 3.05) is 0 Å². The number of thioether (sulfide) groups is 1. The average Bonchev–Trinajstić information content (AvgIpc) is 3.24. The second kappa shape index (κ2) is 9.05. The highest BCUT2D eigenvalue weighted by atomic mass is 32.2. The van der Waals surface area contributed by atoms with Gasteiger partial charge in [0.15, 0.2) is 5.16 Å². The second-order valence-corrected chi connectivity index (χ2v) is 7.68. The number of unbranched alkanes of at least 4 members (excludes halogenated alkanes) is 2. The summed E-state index contributed by atoms with van der Waals surface area (Å²) in [7, 11) is 0. The molecule has 0 aliphatic rings. The maximum atomic E-state index is 13.0. The largest absolute Gasteiger partial charge is 0.338 e. The number of para-hydroxylation sites is 1. The second-order valence-electron chi connectivity index (χ2n) is 6.74. The number of fused-ring (bicyclic) bond motifs is 1. The third-order valence-electron chi connectivity index (χ3n) is 4.64. The fraction of sp³-hybridized carbons (Fsp3) is 0.273. The molecule has 2 heterocycles. The van der Waals surface area contributed by atoms with Crippen LogP contribution in [0.2, 0.25) is 0 Å². The Labute approximate surface area is 173 Å². The summed E-state index contributed by atoms with van der Waals surface area (Å²) in [6, 6.07) is 17.2. The average molecular weight is 407 g/mol. The molecule has 4 aromatic rings. The van der Waals surface area contributed by atoms with Gasteiger partial charge in [-0.25, -0.2) is 4.98 Å². The molecule has 0 saturated carbocycles. The number of rotatable bonds is 8. The Morgan fingerprint density at radius 1 is 1.00 bits per heavy atom. The Morgan fingerprint density at radius 3 is 2.62 bits per heavy atom. The third-order valence-corrected chi connectivity index (χ3v) is 5.60. The standard InChI is InChI=1S/C22H22N4O2S/c1-2-3-9-14-26-21(27)17-12-7-8-13-18(17)23-22(26)29-15-19-24-20(25-28-19)16-10-5-4-6-11-16/h4-8,10-13H,2-3,9,14-15H2,1H3. The van der Waals surface area contributed by atoms with Crippen molar-refractivity contribution in [1.29, 1.82) is 0 Å². The van der Waals surface area contributed by atoms with Crippen molar-refractivity contribution >= 4 is 22.7 Å². The van der Waals surface area contributed by atoms with E-state index < -0.39 is 0 Å². The number of nitrogens with zero attached hydrogens (tertiary/aromatic N) is 4. The van der Waals surface area contributed by atoms with Crippen molar-refractivity contribution in [2.45, 2.75) is 43.6 Å². The molecular weight excluding hydrogens is 384 g/mol. The van der Waals surface area contributed by atoms with Crippen molar-refractivity contribution in [3.8, 4) is 11.4 Å². The minimum atomic E-state index is 0.00436. The van der Waals surface area contributed by atoms with E-state index in [2.05, 4.69) is 17.1 Å². The van der Waals surface area contributed by atoms with E-state index in [9.17, 15) is 4.79 Å². The predicted octanol–water partition coefficient (Wildman–Crippen LogP) is 4.93. The zero-order valence-corrected chi connectivity index (χ0v) is 17.1. The Balaban J connectivity index is 1.59. The van der Waals surface area contributed by atoms with Gasteiger partial charge in [-0.1, -0.05) is 79.1 Å². The van der Waals surface area contributed by atoms with Crippen LogP contribution in [-0.2, 0) is 12.3 Å². The van der Waals surface area contributed by atoms with Crippen molar-refractivity contribution in [1.82, 2.24) is 19.7 Å². The third kappa shape index (κ3) is 4.40. The Hall–Kier alpha value is -2.93. The molecule has 0 unspecified atom stereocenters. The topological polar surface area (TPSA) is 73.8 Å². The van der Waals surface area contributed by atoms with Crippen LogP contribution < -0.4 is 5.56 Å². The quantitative estimate of drug-likeness (QED) is 0.235. The maximum absolute atomic E-state index is 13.0. The van der Waals surface area contributed by atoms with E-state index in [1.807, 2.05) is 54.6 Å². The van der Waals surface area contributed by atoms with Crippen molar-refractivity contribution in [3.63, 3.8) is 0 Å². The molecule has 29 heavy (non-hydrogen) atoms. The molecule has 0 atom stereocenters. The van der Waals surface area contributed by atoms with Crippen LogP contribution >= 0.6 is 11.8 Å². The van der Waals surface area contributed by atoms with E-state index in [0.717, 1.165) is 24.8 Å². The summed E-state index contributed by atoms with van der Waals surface area (Å²) in [6.07, 6.45) is 3.12. The molecule has 0 radical (unpaired) electrons. The van der Waals surface area contributed by atoms with Crippen LogP contribution in [0.3, 0.4) is 0 Å². The molecule has 2 aromatic carbocycles. The molecule has 4 rings (SSSR count). The minimum Gasteiger partial charge on any atom is -0.338 e. The number of hydrogen-bond donors (Lipinski definition) is 0. The van der Waals surface area contributed by atoms with Crippen LogP contribution in [0.1, 0.15) is 32.1 Å². The van der Waals surface area contributed by atoms with Crippen LogP contribution in [0.4, 0.5) is 0 Å². The molecule has 0 aliphatic carbocycles. The van der Waals surface area contributed by atoms with Crippen molar-refractivity contribution in [2.24, 2.45) is 0 Å². The van der Waals surface area contributed by atoms with Gasteiger partial charge < -0.3 is 4.52 Å². The maximum Gasteiger partial charge on any atom is 0.262 e. The highest BCUT2D eigenvalue weighted by Gasteiger charge is 2.14. The lowest BCUT2D eigenvalue weighted by atomic mass is 10.2. The summed E-state index contributed by atoms with van der Waals surface area (Å²) in [6.45, 7) is 2.81. The summed E-state index contributed by atoms with van der Waals surface area (Å²) >= 11 is 1.45. The molecular formula is C22H22N4O2S. The lowest BCUT2D eigenvalue weighted by molar-refractivity contribution is 0.391. The van der Waals surface area contributed by atoms with Gasteiger partial charge in [0.1, 0.15) is 0 Å². The fourth-order valence-corrected chi connectivity index (χ4v) is 3.98. The molecule has 0 aliphatic heterocycles. The SMILES string of the molecule is CCCCCn1c(SCc2nc(-c3ccccc3)no2)nc2ccccc2c1=O. The molecule has 0 bridgehead atoms. The van der Waals surface area contributed by atoms with Gasteiger partial charge in [-0.15, -0.1) is 0 Å². The van der Waals surface area contributed by atoms with Crippen LogP contribution in [0.25, 0.3) is 22.3 Å².